The number of hydrogen-bond donors (Lipinski definition) is 1. The molecule has 0 bridgehead atoms. The van der Waals surface area contributed by atoms with E-state index in [-0.39, 0.29) is 10.9 Å². The Balaban J connectivity index is 2.77. The van der Waals surface area contributed by atoms with E-state index in [0.717, 1.165) is 12.2 Å². The SMILES string of the molecule is CCCSC(=O)/C(C)=C/c1ccccc1O. The van der Waals surface area contributed by atoms with Crippen molar-refractivity contribution in [1.29, 1.82) is 0 Å². The Morgan fingerprint density at radius 1 is 1.44 bits per heavy atom. The normalized spacial score (nSPS) is 11.5. The van der Waals surface area contributed by atoms with Gasteiger partial charge in [0.05, 0.1) is 0 Å². The first-order valence-corrected chi connectivity index (χ1v) is 6.27. The molecule has 2 nitrogen and oxygen atoms in total. The van der Waals surface area contributed by atoms with Crippen LogP contribution in [0.25, 0.3) is 6.08 Å². The monoisotopic (exact) mass is 236 g/mol. The minimum Gasteiger partial charge on any atom is -0.507 e. The lowest BCUT2D eigenvalue weighted by Gasteiger charge is -2.01. The Morgan fingerprint density at radius 2 is 2.12 bits per heavy atom. The second kappa shape index (κ2) is 6.38. The molecule has 0 unspecified atom stereocenters. The zero-order valence-electron chi connectivity index (χ0n) is 9.56. The predicted octanol–water partition coefficient (Wildman–Crippen LogP) is 3.47. The van der Waals surface area contributed by atoms with Crippen LogP contribution in [0.4, 0.5) is 0 Å². The standard InChI is InChI=1S/C13H16O2S/c1-3-8-16-13(15)10(2)9-11-6-4-5-7-12(11)14/h4-7,9,14H,3,8H2,1-2H3/b10-9+. The van der Waals surface area contributed by atoms with Gasteiger partial charge in [0.15, 0.2) is 0 Å². The first kappa shape index (κ1) is 12.8. The molecule has 0 aromatic heterocycles. The van der Waals surface area contributed by atoms with Crippen LogP contribution in [-0.2, 0) is 4.79 Å². The molecule has 0 saturated carbocycles. The van der Waals surface area contributed by atoms with Crippen molar-refractivity contribution in [1.82, 2.24) is 0 Å². The van der Waals surface area contributed by atoms with E-state index in [1.165, 1.54) is 11.8 Å². The summed E-state index contributed by atoms with van der Waals surface area (Å²) in [6.45, 7) is 3.82. The summed E-state index contributed by atoms with van der Waals surface area (Å²) in [6, 6.07) is 7.00. The largest absolute Gasteiger partial charge is 0.507 e. The van der Waals surface area contributed by atoms with E-state index in [0.29, 0.717) is 11.1 Å². The molecule has 0 atom stereocenters. The van der Waals surface area contributed by atoms with Gasteiger partial charge >= 0.3 is 0 Å². The van der Waals surface area contributed by atoms with Gasteiger partial charge < -0.3 is 5.11 Å². The van der Waals surface area contributed by atoms with E-state index in [1.807, 2.05) is 13.0 Å². The van der Waals surface area contributed by atoms with Crippen molar-refractivity contribution >= 4 is 23.0 Å². The van der Waals surface area contributed by atoms with Crippen LogP contribution in [0.5, 0.6) is 5.75 Å². The van der Waals surface area contributed by atoms with Gasteiger partial charge in [0.1, 0.15) is 5.75 Å². The lowest BCUT2D eigenvalue weighted by atomic mass is 10.1. The molecular formula is C13H16O2S. The number of phenolic OH excluding ortho intramolecular Hbond substituents is 1. The van der Waals surface area contributed by atoms with Gasteiger partial charge in [0.25, 0.3) is 0 Å². The summed E-state index contributed by atoms with van der Waals surface area (Å²) in [6.07, 6.45) is 2.71. The van der Waals surface area contributed by atoms with E-state index in [9.17, 15) is 9.90 Å². The zero-order valence-corrected chi connectivity index (χ0v) is 10.4. The molecule has 1 aromatic rings. The highest BCUT2D eigenvalue weighted by molar-refractivity contribution is 8.14. The van der Waals surface area contributed by atoms with Crippen LogP contribution >= 0.6 is 11.8 Å². The third kappa shape index (κ3) is 3.74. The van der Waals surface area contributed by atoms with Gasteiger partial charge in [-0.1, -0.05) is 36.9 Å². The maximum Gasteiger partial charge on any atom is 0.215 e. The smallest absolute Gasteiger partial charge is 0.215 e. The number of para-hydroxylation sites is 1. The van der Waals surface area contributed by atoms with Crippen molar-refractivity contribution in [3.05, 3.63) is 35.4 Å². The van der Waals surface area contributed by atoms with Crippen LogP contribution in [0, 0.1) is 0 Å². The van der Waals surface area contributed by atoms with Crippen molar-refractivity contribution in [2.45, 2.75) is 20.3 Å². The summed E-state index contributed by atoms with van der Waals surface area (Å²) < 4.78 is 0. The highest BCUT2D eigenvalue weighted by atomic mass is 32.2. The number of carbonyl (C=O) groups excluding carboxylic acids is 1. The second-order valence-corrected chi connectivity index (χ2v) is 4.59. The Kier molecular flexibility index (Phi) is 5.12. The Morgan fingerprint density at radius 3 is 2.75 bits per heavy atom. The van der Waals surface area contributed by atoms with Gasteiger partial charge in [0.2, 0.25) is 5.12 Å². The van der Waals surface area contributed by atoms with E-state index in [1.54, 1.807) is 31.2 Å². The zero-order chi connectivity index (χ0) is 12.0. The molecule has 0 radical (unpaired) electrons. The molecular weight excluding hydrogens is 220 g/mol. The molecule has 0 fully saturated rings. The molecule has 0 aliphatic rings. The average molecular weight is 236 g/mol. The van der Waals surface area contributed by atoms with Crippen LogP contribution in [0.15, 0.2) is 29.8 Å². The molecule has 1 aromatic carbocycles. The number of phenols is 1. The first-order valence-electron chi connectivity index (χ1n) is 5.28. The fraction of sp³-hybridized carbons (Fsp3) is 0.308. The molecule has 0 spiro atoms. The highest BCUT2D eigenvalue weighted by Crippen LogP contribution is 2.21. The third-order valence-corrected chi connectivity index (χ3v) is 3.26. The second-order valence-electron chi connectivity index (χ2n) is 3.52. The lowest BCUT2D eigenvalue weighted by molar-refractivity contribution is -0.107. The lowest BCUT2D eigenvalue weighted by Crippen LogP contribution is -1.94. The maximum absolute atomic E-state index is 11.6. The number of aromatic hydroxyl groups is 1. The molecule has 86 valence electrons. The molecule has 1 N–H and O–H groups in total. The molecule has 0 amide bonds. The van der Waals surface area contributed by atoms with Crippen LogP contribution < -0.4 is 0 Å². The first-order chi connectivity index (χ1) is 7.65. The molecule has 0 saturated heterocycles. The quantitative estimate of drug-likeness (QED) is 0.813. The number of thioether (sulfide) groups is 1. The fourth-order valence-electron chi connectivity index (χ4n) is 1.21. The van der Waals surface area contributed by atoms with E-state index in [2.05, 4.69) is 0 Å². The average Bonchev–Trinajstić information content (AvgIpc) is 2.28. The Hall–Kier alpha value is -1.22. The van der Waals surface area contributed by atoms with Crippen molar-refractivity contribution in [3.8, 4) is 5.75 Å². The number of benzene rings is 1. The van der Waals surface area contributed by atoms with E-state index in [4.69, 9.17) is 0 Å². The Bertz CT molecular complexity index is 397. The van der Waals surface area contributed by atoms with Crippen molar-refractivity contribution in [2.24, 2.45) is 0 Å². The molecule has 16 heavy (non-hydrogen) atoms. The number of rotatable bonds is 4. The van der Waals surface area contributed by atoms with Crippen molar-refractivity contribution in [3.63, 3.8) is 0 Å². The molecule has 0 heterocycles. The molecule has 3 heteroatoms. The van der Waals surface area contributed by atoms with Gasteiger partial charge in [-0.25, -0.2) is 0 Å². The van der Waals surface area contributed by atoms with E-state index < -0.39 is 0 Å². The molecule has 0 aliphatic carbocycles. The van der Waals surface area contributed by atoms with E-state index >= 15 is 0 Å². The van der Waals surface area contributed by atoms with Gasteiger partial charge in [-0.3, -0.25) is 4.79 Å². The van der Waals surface area contributed by atoms with Crippen LogP contribution in [0.2, 0.25) is 0 Å². The van der Waals surface area contributed by atoms with Crippen molar-refractivity contribution in [2.75, 3.05) is 5.75 Å². The fourth-order valence-corrected chi connectivity index (χ4v) is 1.89. The summed E-state index contributed by atoms with van der Waals surface area (Å²) in [5.41, 5.74) is 1.35. The van der Waals surface area contributed by atoms with Gasteiger partial charge in [0, 0.05) is 16.9 Å². The summed E-state index contributed by atoms with van der Waals surface area (Å²) in [4.78, 5) is 11.6. The topological polar surface area (TPSA) is 37.3 Å². The van der Waals surface area contributed by atoms with Gasteiger partial charge in [-0.05, 0) is 25.5 Å². The van der Waals surface area contributed by atoms with Crippen molar-refractivity contribution < 1.29 is 9.90 Å². The summed E-state index contributed by atoms with van der Waals surface area (Å²) >= 11 is 1.32. The molecule has 1 rings (SSSR count). The van der Waals surface area contributed by atoms with Gasteiger partial charge in [-0.2, -0.15) is 0 Å². The number of hydrogen-bond acceptors (Lipinski definition) is 3. The maximum atomic E-state index is 11.6. The van der Waals surface area contributed by atoms with Gasteiger partial charge in [-0.15, -0.1) is 0 Å². The minimum atomic E-state index is 0.0742. The predicted molar refractivity (Wildman–Crippen MR) is 69.5 cm³/mol. The summed E-state index contributed by atoms with van der Waals surface area (Å²) in [5, 5.41) is 9.63. The third-order valence-electron chi connectivity index (χ3n) is 2.07. The number of carbonyl (C=O) groups is 1. The summed E-state index contributed by atoms with van der Waals surface area (Å²) in [5.74, 6) is 1.04. The molecule has 0 aliphatic heterocycles. The van der Waals surface area contributed by atoms with Crippen LogP contribution in [0.3, 0.4) is 0 Å². The summed E-state index contributed by atoms with van der Waals surface area (Å²) in [7, 11) is 0. The minimum absolute atomic E-state index is 0.0742. The highest BCUT2D eigenvalue weighted by Gasteiger charge is 2.05. The van der Waals surface area contributed by atoms with Crippen LogP contribution in [-0.4, -0.2) is 16.0 Å². The van der Waals surface area contributed by atoms with Crippen LogP contribution in [0.1, 0.15) is 25.8 Å². The Labute approximate surface area is 100 Å².